The zero-order chi connectivity index (χ0) is 16.1. The van der Waals surface area contributed by atoms with Crippen LogP contribution in [-0.4, -0.2) is 32.1 Å². The van der Waals surface area contributed by atoms with Crippen LogP contribution in [0.4, 0.5) is 9.18 Å². The lowest BCUT2D eigenvalue weighted by Crippen LogP contribution is -2.29. The van der Waals surface area contributed by atoms with E-state index >= 15 is 0 Å². The topological polar surface area (TPSA) is 89.2 Å². The molecule has 2 aromatic rings. The van der Waals surface area contributed by atoms with Crippen LogP contribution < -0.4 is 11.0 Å². The lowest BCUT2D eigenvalue weighted by atomic mass is 10.3. The molecule has 0 saturated carbocycles. The maximum atomic E-state index is 12.7. The summed E-state index contributed by atoms with van der Waals surface area (Å²) in [5.74, 6) is 0. The minimum absolute atomic E-state index is 0.105. The molecule has 0 aliphatic carbocycles. The van der Waals surface area contributed by atoms with Gasteiger partial charge in [-0.1, -0.05) is 0 Å². The Morgan fingerprint density at radius 2 is 2.36 bits per heavy atom. The lowest BCUT2D eigenvalue weighted by Gasteiger charge is -2.05. The lowest BCUT2D eigenvalue weighted by molar-refractivity contribution is 0.195. The second-order valence-electron chi connectivity index (χ2n) is 4.36. The molecule has 0 bridgehead atoms. The second kappa shape index (κ2) is 7.36. The van der Waals surface area contributed by atoms with Crippen LogP contribution in [0.25, 0.3) is 0 Å². The predicted molar refractivity (Wildman–Crippen MR) is 82.8 cm³/mol. The van der Waals surface area contributed by atoms with Crippen LogP contribution in [0.3, 0.4) is 0 Å². The molecule has 0 aromatic carbocycles. The van der Waals surface area contributed by atoms with Crippen LogP contribution in [0.15, 0.2) is 38.9 Å². The first-order valence-corrected chi connectivity index (χ1v) is 7.77. The van der Waals surface area contributed by atoms with Crippen LogP contribution in [-0.2, 0) is 13.1 Å². The zero-order valence-electron chi connectivity index (χ0n) is 11.2. The van der Waals surface area contributed by atoms with Gasteiger partial charge in [-0.3, -0.25) is 4.57 Å². The van der Waals surface area contributed by atoms with E-state index in [1.165, 1.54) is 22.2 Å². The van der Waals surface area contributed by atoms with Gasteiger partial charge in [-0.2, -0.15) is 5.10 Å². The van der Waals surface area contributed by atoms with E-state index < -0.39 is 6.09 Å². The highest BCUT2D eigenvalue weighted by atomic mass is 79.9. The largest absolute Gasteiger partial charge is 0.465 e. The normalized spacial score (nSPS) is 11.6. The predicted octanol–water partition coefficient (Wildman–Crippen LogP) is 2.04. The fourth-order valence-corrected chi connectivity index (χ4v) is 3.15. The summed E-state index contributed by atoms with van der Waals surface area (Å²) in [5.41, 5.74) is -0.284. The molecule has 0 aliphatic heterocycles. The van der Waals surface area contributed by atoms with Crippen molar-refractivity contribution in [1.29, 1.82) is 0 Å². The third-order valence-corrected chi connectivity index (χ3v) is 4.40. The van der Waals surface area contributed by atoms with Gasteiger partial charge in [0.05, 0.1) is 19.4 Å². The first kappa shape index (κ1) is 16.4. The number of amides is 1. The summed E-state index contributed by atoms with van der Waals surface area (Å²) in [7, 11) is 0. The maximum Gasteiger partial charge on any atom is 0.404 e. The minimum atomic E-state index is -1.26. The van der Waals surface area contributed by atoms with Gasteiger partial charge in [0.1, 0.15) is 6.33 Å². The number of halogens is 2. The molecule has 2 heterocycles. The SMILES string of the molecule is O=C(O)NC/C(=C\F)Cn1ncn(Cc2cc(Br)cs2)c1=O. The van der Waals surface area contributed by atoms with Gasteiger partial charge in [-0.25, -0.2) is 18.7 Å². The van der Waals surface area contributed by atoms with E-state index in [4.69, 9.17) is 5.11 Å². The van der Waals surface area contributed by atoms with Gasteiger partial charge < -0.3 is 10.4 Å². The summed E-state index contributed by atoms with van der Waals surface area (Å²) >= 11 is 4.84. The Balaban J connectivity index is 2.07. The summed E-state index contributed by atoms with van der Waals surface area (Å²) in [5, 5.41) is 16.4. The van der Waals surface area contributed by atoms with Crippen molar-refractivity contribution in [3.05, 3.63) is 49.5 Å². The Bertz CT molecular complexity index is 752. The summed E-state index contributed by atoms with van der Waals surface area (Å²) in [6.07, 6.45) is 0.384. The molecule has 2 rings (SSSR count). The van der Waals surface area contributed by atoms with Crippen molar-refractivity contribution in [3.8, 4) is 0 Å². The standard InChI is InChI=1S/C12H12BrFN4O3S/c13-9-1-10(22-6-9)5-17-7-16-18(12(17)21)4-8(2-14)3-15-11(19)20/h1-2,6-7,15H,3-5H2,(H,19,20)/b8-2+. The van der Waals surface area contributed by atoms with E-state index in [2.05, 4.69) is 21.0 Å². The van der Waals surface area contributed by atoms with Gasteiger partial charge >= 0.3 is 11.8 Å². The molecule has 0 spiro atoms. The monoisotopic (exact) mass is 390 g/mol. The molecule has 0 saturated heterocycles. The van der Waals surface area contributed by atoms with Gasteiger partial charge in [0.15, 0.2) is 0 Å². The number of nitrogens with one attached hydrogen (secondary N) is 1. The maximum absolute atomic E-state index is 12.7. The number of carbonyl (C=O) groups is 1. The number of rotatable bonds is 6. The van der Waals surface area contributed by atoms with Crippen molar-refractivity contribution in [2.75, 3.05) is 6.54 Å². The van der Waals surface area contributed by atoms with Gasteiger partial charge in [-0.05, 0) is 27.6 Å². The molecule has 2 N–H and O–H groups in total. The molecule has 22 heavy (non-hydrogen) atoms. The fourth-order valence-electron chi connectivity index (χ4n) is 1.70. The molecule has 0 fully saturated rings. The molecule has 7 nitrogen and oxygen atoms in total. The average molecular weight is 391 g/mol. The third kappa shape index (κ3) is 4.28. The van der Waals surface area contributed by atoms with Crippen LogP contribution in [0.5, 0.6) is 0 Å². The fraction of sp³-hybridized carbons (Fsp3) is 0.250. The van der Waals surface area contributed by atoms with Gasteiger partial charge in [-0.15, -0.1) is 11.3 Å². The number of aromatic nitrogens is 3. The minimum Gasteiger partial charge on any atom is -0.465 e. The number of carboxylic acid groups (broad SMARTS) is 1. The van der Waals surface area contributed by atoms with Crippen LogP contribution in [0.1, 0.15) is 4.88 Å². The molecular formula is C12H12BrFN4O3S. The van der Waals surface area contributed by atoms with Crippen LogP contribution >= 0.6 is 27.3 Å². The van der Waals surface area contributed by atoms with Gasteiger partial charge in [0.25, 0.3) is 0 Å². The van der Waals surface area contributed by atoms with E-state index in [1.54, 1.807) is 0 Å². The van der Waals surface area contributed by atoms with Gasteiger partial charge in [0, 0.05) is 21.3 Å². The Labute approximate surface area is 136 Å². The molecule has 0 aliphatic rings. The number of thiophene rings is 1. The van der Waals surface area contributed by atoms with E-state index in [9.17, 15) is 14.0 Å². The molecule has 0 radical (unpaired) electrons. The van der Waals surface area contributed by atoms with E-state index in [0.717, 1.165) is 14.0 Å². The Kier molecular flexibility index (Phi) is 5.50. The molecule has 0 unspecified atom stereocenters. The molecule has 1 amide bonds. The van der Waals surface area contributed by atoms with Crippen molar-refractivity contribution in [3.63, 3.8) is 0 Å². The van der Waals surface area contributed by atoms with Crippen molar-refractivity contribution < 1.29 is 14.3 Å². The first-order chi connectivity index (χ1) is 10.5. The molecule has 0 atom stereocenters. The smallest absolute Gasteiger partial charge is 0.404 e. The summed E-state index contributed by atoms with van der Waals surface area (Å²) in [4.78, 5) is 23.5. The van der Waals surface area contributed by atoms with Crippen LogP contribution in [0.2, 0.25) is 0 Å². The average Bonchev–Trinajstić information content (AvgIpc) is 3.03. The molecule has 118 valence electrons. The molecule has 10 heteroatoms. The Hall–Kier alpha value is -1.94. The van der Waals surface area contributed by atoms with Crippen molar-refractivity contribution in [1.82, 2.24) is 19.7 Å². The Morgan fingerprint density at radius 1 is 1.59 bits per heavy atom. The third-order valence-electron chi connectivity index (χ3n) is 2.72. The number of hydrogen-bond acceptors (Lipinski definition) is 4. The Morgan fingerprint density at radius 3 is 2.95 bits per heavy atom. The molecular weight excluding hydrogens is 379 g/mol. The van der Waals surface area contributed by atoms with Gasteiger partial charge in [0.2, 0.25) is 0 Å². The van der Waals surface area contributed by atoms with E-state index in [1.807, 2.05) is 16.8 Å². The summed E-state index contributed by atoms with van der Waals surface area (Å²) in [6.45, 7) is 0.0525. The number of nitrogens with zero attached hydrogens (tertiary/aromatic N) is 3. The van der Waals surface area contributed by atoms with Crippen molar-refractivity contribution in [2.45, 2.75) is 13.1 Å². The quantitative estimate of drug-likeness (QED) is 0.789. The highest BCUT2D eigenvalue weighted by Gasteiger charge is 2.09. The zero-order valence-corrected chi connectivity index (χ0v) is 13.6. The second-order valence-corrected chi connectivity index (χ2v) is 6.27. The molecule has 2 aromatic heterocycles. The highest BCUT2D eigenvalue weighted by Crippen LogP contribution is 2.20. The van der Waals surface area contributed by atoms with E-state index in [0.29, 0.717) is 6.54 Å². The highest BCUT2D eigenvalue weighted by molar-refractivity contribution is 9.10. The van der Waals surface area contributed by atoms with E-state index in [-0.39, 0.29) is 30.7 Å². The van der Waals surface area contributed by atoms with Crippen LogP contribution in [0, 0.1) is 0 Å². The van der Waals surface area contributed by atoms with Crippen molar-refractivity contribution in [2.24, 2.45) is 0 Å². The summed E-state index contributed by atoms with van der Waals surface area (Å²) in [6, 6.07) is 1.90. The number of hydrogen-bond donors (Lipinski definition) is 2. The summed E-state index contributed by atoms with van der Waals surface area (Å²) < 4.78 is 16.2. The first-order valence-electron chi connectivity index (χ1n) is 6.09. The van der Waals surface area contributed by atoms with Crippen molar-refractivity contribution >= 4 is 33.4 Å².